The first-order valence-corrected chi connectivity index (χ1v) is 3.50. The van der Waals surface area contributed by atoms with E-state index >= 15 is 0 Å². The molecule has 0 N–H and O–H groups in total. The average molecular weight is 196 g/mol. The number of ether oxygens (including phenoxy) is 2. The Balaban J connectivity index is 0. The molecule has 0 heterocycles. The van der Waals surface area contributed by atoms with Crippen LogP contribution in [0.3, 0.4) is 0 Å². The van der Waals surface area contributed by atoms with Crippen LogP contribution in [0.1, 0.15) is 0 Å². The highest BCUT2D eigenvalue weighted by molar-refractivity contribution is 5.81. The number of hydrogen-bond acceptors (Lipinski definition) is 4. The Morgan fingerprint density at radius 1 is 0.786 bits per heavy atom. The van der Waals surface area contributed by atoms with Gasteiger partial charge in [-0.3, -0.25) is 0 Å². The number of carbonyl (C=O) groups is 2. The van der Waals surface area contributed by atoms with E-state index in [2.05, 4.69) is 35.8 Å². The molecular weight excluding hydrogens is 184 g/mol. The van der Waals surface area contributed by atoms with Gasteiger partial charge < -0.3 is 9.47 Å². The topological polar surface area (TPSA) is 52.6 Å². The molecular formula is C10H12O4. The van der Waals surface area contributed by atoms with Crippen molar-refractivity contribution >= 4 is 11.9 Å². The van der Waals surface area contributed by atoms with E-state index in [1.807, 2.05) is 0 Å². The van der Waals surface area contributed by atoms with Crippen molar-refractivity contribution in [3.8, 4) is 0 Å². The van der Waals surface area contributed by atoms with Gasteiger partial charge in [0.05, 0.1) is 12.5 Å². The first-order valence-electron chi connectivity index (χ1n) is 3.50. The smallest absolute Gasteiger partial charge is 0.334 e. The second-order valence-corrected chi connectivity index (χ2v) is 1.62. The fourth-order valence-electron chi connectivity index (χ4n) is 0.260. The van der Waals surface area contributed by atoms with E-state index in [0.717, 1.165) is 24.7 Å². The zero-order valence-electron chi connectivity index (χ0n) is 7.77. The molecule has 0 fully saturated rings. The molecule has 0 aromatic carbocycles. The third-order valence-corrected chi connectivity index (χ3v) is 0.732. The second-order valence-electron chi connectivity index (χ2n) is 1.62. The quantitative estimate of drug-likeness (QED) is 0.390. The molecule has 0 spiro atoms. The number of hydrogen-bond donors (Lipinski definition) is 0. The Bertz CT molecular complexity index is 215. The maximum Gasteiger partial charge on any atom is 0.334 e. The molecule has 0 bridgehead atoms. The van der Waals surface area contributed by atoms with Crippen LogP contribution in [0, 0.1) is 0 Å². The maximum absolute atomic E-state index is 10.0. The molecule has 76 valence electrons. The monoisotopic (exact) mass is 196 g/mol. The van der Waals surface area contributed by atoms with E-state index in [0.29, 0.717) is 0 Å². The Hall–Kier alpha value is -2.10. The van der Waals surface area contributed by atoms with Crippen LogP contribution in [-0.2, 0) is 19.1 Å². The zero-order chi connectivity index (χ0) is 11.4. The highest BCUT2D eigenvalue weighted by Crippen LogP contribution is 1.75. The first kappa shape index (κ1) is 14.4. The summed E-state index contributed by atoms with van der Waals surface area (Å²) in [6.07, 6.45) is 4.26. The Kier molecular flexibility index (Phi) is 11.2. The molecule has 0 aromatic rings. The highest BCUT2D eigenvalue weighted by Gasteiger charge is 1.85. The van der Waals surface area contributed by atoms with Crippen molar-refractivity contribution in [3.05, 3.63) is 51.0 Å². The zero-order valence-corrected chi connectivity index (χ0v) is 7.77. The van der Waals surface area contributed by atoms with Gasteiger partial charge in [0.2, 0.25) is 0 Å². The highest BCUT2D eigenvalue weighted by atomic mass is 16.5. The molecule has 0 atom stereocenters. The number of carbonyl (C=O) groups excluding carboxylic acids is 2. The summed E-state index contributed by atoms with van der Waals surface area (Å²) in [5.41, 5.74) is 0. The van der Waals surface area contributed by atoms with Gasteiger partial charge in [0.25, 0.3) is 0 Å². The van der Waals surface area contributed by atoms with Gasteiger partial charge in [-0.2, -0.15) is 0 Å². The summed E-state index contributed by atoms with van der Waals surface area (Å²) in [4.78, 5) is 20.0. The lowest BCUT2D eigenvalue weighted by atomic mass is 10.7. The molecule has 0 saturated carbocycles. The maximum atomic E-state index is 10.0. The minimum absolute atomic E-state index is 0.477. The van der Waals surface area contributed by atoms with E-state index in [1.54, 1.807) is 0 Å². The minimum Gasteiger partial charge on any atom is -0.432 e. The predicted octanol–water partition coefficient (Wildman–Crippen LogP) is 1.72. The van der Waals surface area contributed by atoms with Crippen molar-refractivity contribution in [2.24, 2.45) is 0 Å². The van der Waals surface area contributed by atoms with Crippen molar-refractivity contribution in [2.45, 2.75) is 0 Å². The molecule has 0 aliphatic rings. The first-order chi connectivity index (χ1) is 6.62. The van der Waals surface area contributed by atoms with Crippen molar-refractivity contribution in [1.29, 1.82) is 0 Å². The van der Waals surface area contributed by atoms with E-state index in [1.165, 1.54) is 0 Å². The lowest BCUT2D eigenvalue weighted by Gasteiger charge is -1.85. The fraction of sp³-hybridized carbons (Fsp3) is 0. The van der Waals surface area contributed by atoms with Crippen LogP contribution < -0.4 is 0 Å². The van der Waals surface area contributed by atoms with Crippen LogP contribution in [0.15, 0.2) is 51.0 Å². The van der Waals surface area contributed by atoms with Gasteiger partial charge in [0.1, 0.15) is 0 Å². The average Bonchev–Trinajstić information content (AvgIpc) is 2.19. The van der Waals surface area contributed by atoms with Gasteiger partial charge in [-0.05, 0) is 0 Å². The second kappa shape index (κ2) is 10.9. The summed E-state index contributed by atoms with van der Waals surface area (Å²) < 4.78 is 8.40. The lowest BCUT2D eigenvalue weighted by Crippen LogP contribution is -1.90. The van der Waals surface area contributed by atoms with Crippen molar-refractivity contribution < 1.29 is 19.1 Å². The molecule has 0 radical (unpaired) electrons. The van der Waals surface area contributed by atoms with Gasteiger partial charge in [-0.25, -0.2) is 9.59 Å². The van der Waals surface area contributed by atoms with Crippen molar-refractivity contribution in [2.75, 3.05) is 0 Å². The molecule has 0 aliphatic heterocycles. The summed E-state index contributed by atoms with van der Waals surface area (Å²) in [5.74, 6) is -0.954. The van der Waals surface area contributed by atoms with Gasteiger partial charge in [0.15, 0.2) is 0 Å². The van der Waals surface area contributed by atoms with E-state index < -0.39 is 11.9 Å². The third kappa shape index (κ3) is 12.6. The molecule has 0 saturated heterocycles. The third-order valence-electron chi connectivity index (χ3n) is 0.732. The molecule has 14 heavy (non-hydrogen) atoms. The van der Waals surface area contributed by atoms with E-state index in [9.17, 15) is 9.59 Å². The van der Waals surface area contributed by atoms with Crippen LogP contribution in [0.4, 0.5) is 0 Å². The van der Waals surface area contributed by atoms with E-state index in [4.69, 9.17) is 0 Å². The van der Waals surface area contributed by atoms with Gasteiger partial charge in [-0.1, -0.05) is 26.3 Å². The fourth-order valence-corrected chi connectivity index (χ4v) is 0.260. The van der Waals surface area contributed by atoms with Crippen LogP contribution in [-0.4, -0.2) is 11.9 Å². The van der Waals surface area contributed by atoms with Gasteiger partial charge in [-0.15, -0.1) is 0 Å². The summed E-state index contributed by atoms with van der Waals surface area (Å²) in [5, 5.41) is 0. The Morgan fingerprint density at radius 2 is 1.07 bits per heavy atom. The van der Waals surface area contributed by atoms with Crippen LogP contribution >= 0.6 is 0 Å². The standard InChI is InChI=1S/2C5H6O2/c2*1-3-5(6)7-4-2/h2*3-4H,1-2H2. The van der Waals surface area contributed by atoms with Crippen LogP contribution in [0.5, 0.6) is 0 Å². The van der Waals surface area contributed by atoms with Crippen molar-refractivity contribution in [1.82, 2.24) is 0 Å². The van der Waals surface area contributed by atoms with E-state index in [-0.39, 0.29) is 0 Å². The summed E-state index contributed by atoms with van der Waals surface area (Å²) in [7, 11) is 0. The molecule has 4 nitrogen and oxygen atoms in total. The largest absolute Gasteiger partial charge is 0.432 e. The molecule has 4 heteroatoms. The molecule has 0 aromatic heterocycles. The summed E-state index contributed by atoms with van der Waals surface area (Å²) >= 11 is 0. The number of rotatable bonds is 4. The number of esters is 2. The molecule has 0 amide bonds. The summed E-state index contributed by atoms with van der Waals surface area (Å²) in [6, 6.07) is 0. The predicted molar refractivity (Wildman–Crippen MR) is 53.0 cm³/mol. The molecule has 0 unspecified atom stereocenters. The molecule has 0 rings (SSSR count). The normalized spacial score (nSPS) is 6.86. The Morgan fingerprint density at radius 3 is 1.14 bits per heavy atom. The van der Waals surface area contributed by atoms with Gasteiger partial charge in [0, 0.05) is 12.2 Å². The molecule has 0 aliphatic carbocycles. The van der Waals surface area contributed by atoms with Gasteiger partial charge >= 0.3 is 11.9 Å². The lowest BCUT2D eigenvalue weighted by molar-refractivity contribution is -0.133. The SMILES string of the molecule is C=COC(=O)C=C.C=COC(=O)C=C. The Labute approximate surface area is 82.8 Å². The van der Waals surface area contributed by atoms with Crippen LogP contribution in [0.25, 0.3) is 0 Å². The summed E-state index contributed by atoms with van der Waals surface area (Å²) in [6.45, 7) is 12.6. The minimum atomic E-state index is -0.477. The van der Waals surface area contributed by atoms with Crippen LogP contribution in [0.2, 0.25) is 0 Å². The van der Waals surface area contributed by atoms with Crippen molar-refractivity contribution in [3.63, 3.8) is 0 Å².